The molecule has 0 amide bonds. The summed E-state index contributed by atoms with van der Waals surface area (Å²) in [5.41, 5.74) is -2.17. The van der Waals surface area contributed by atoms with Crippen LogP contribution in [0.2, 0.25) is 0 Å². The molecule has 0 aliphatic rings. The number of carboxylic acid groups (broad SMARTS) is 1. The minimum atomic E-state index is -4.71. The molecule has 5 nitrogen and oxygen atoms in total. The van der Waals surface area contributed by atoms with Gasteiger partial charge in [0.2, 0.25) is 0 Å². The highest BCUT2D eigenvalue weighted by atomic mass is 32.2. The van der Waals surface area contributed by atoms with Crippen LogP contribution in [0, 0.1) is 0 Å². The Labute approximate surface area is 134 Å². The van der Waals surface area contributed by atoms with Crippen LogP contribution < -0.4 is 0 Å². The number of halogens is 3. The van der Waals surface area contributed by atoms with Crippen LogP contribution in [-0.2, 0) is 11.0 Å². The zero-order valence-electron chi connectivity index (χ0n) is 12.0. The Balaban J connectivity index is 3.06. The number of benzene rings is 1. The molecular formula is C14H15F3O5S. The Morgan fingerprint density at radius 3 is 2.35 bits per heavy atom. The predicted octanol–water partition coefficient (Wildman–Crippen LogP) is 2.47. The second kappa shape index (κ2) is 7.80. The average molecular weight is 352 g/mol. The molecule has 1 rings (SSSR count). The van der Waals surface area contributed by atoms with Crippen molar-refractivity contribution in [2.45, 2.75) is 31.7 Å². The Morgan fingerprint density at radius 2 is 1.87 bits per heavy atom. The minimum absolute atomic E-state index is 0.0826. The summed E-state index contributed by atoms with van der Waals surface area (Å²) < 4.78 is 38.2. The van der Waals surface area contributed by atoms with E-state index < -0.39 is 41.0 Å². The highest BCUT2D eigenvalue weighted by Gasteiger charge is 2.33. The molecule has 2 unspecified atom stereocenters. The lowest BCUT2D eigenvalue weighted by molar-refractivity contribution is -0.137. The van der Waals surface area contributed by atoms with Crippen molar-refractivity contribution in [2.75, 3.05) is 5.75 Å². The number of rotatable bonds is 6. The lowest BCUT2D eigenvalue weighted by Crippen LogP contribution is -2.22. The maximum Gasteiger partial charge on any atom is 0.416 e. The van der Waals surface area contributed by atoms with E-state index in [1.807, 2.05) is 0 Å². The molecule has 2 atom stereocenters. The number of aromatic carboxylic acids is 1. The summed E-state index contributed by atoms with van der Waals surface area (Å²) in [6.07, 6.45) is -8.10. The first-order chi connectivity index (χ1) is 10.5. The number of alkyl halides is 3. The van der Waals surface area contributed by atoms with Gasteiger partial charge in [-0.1, -0.05) is 11.8 Å². The summed E-state index contributed by atoms with van der Waals surface area (Å²) in [6.45, 7) is 1.31. The van der Waals surface area contributed by atoms with Gasteiger partial charge in [-0.3, -0.25) is 4.79 Å². The first-order valence-electron chi connectivity index (χ1n) is 6.48. The first-order valence-corrected chi connectivity index (χ1v) is 7.46. The van der Waals surface area contributed by atoms with Crippen LogP contribution in [0.1, 0.15) is 40.9 Å². The molecule has 0 fully saturated rings. The van der Waals surface area contributed by atoms with E-state index in [1.165, 1.54) is 6.92 Å². The molecule has 0 aliphatic heterocycles. The van der Waals surface area contributed by atoms with Gasteiger partial charge in [0, 0.05) is 12.7 Å². The Morgan fingerprint density at radius 1 is 1.26 bits per heavy atom. The molecule has 128 valence electrons. The van der Waals surface area contributed by atoms with Gasteiger partial charge in [-0.05, 0) is 30.2 Å². The van der Waals surface area contributed by atoms with Crippen LogP contribution in [0.4, 0.5) is 13.2 Å². The molecule has 0 aliphatic carbocycles. The van der Waals surface area contributed by atoms with E-state index >= 15 is 0 Å². The van der Waals surface area contributed by atoms with Crippen molar-refractivity contribution in [3.8, 4) is 0 Å². The smallest absolute Gasteiger partial charge is 0.416 e. The third-order valence-electron chi connectivity index (χ3n) is 3.01. The Kier molecular flexibility index (Phi) is 6.60. The molecule has 0 saturated carbocycles. The summed E-state index contributed by atoms with van der Waals surface area (Å²) in [4.78, 5) is 21.9. The van der Waals surface area contributed by atoms with Crippen molar-refractivity contribution in [3.63, 3.8) is 0 Å². The second-order valence-electron chi connectivity index (χ2n) is 4.75. The van der Waals surface area contributed by atoms with Crippen molar-refractivity contribution in [3.05, 3.63) is 34.9 Å². The van der Waals surface area contributed by atoms with Crippen LogP contribution in [-0.4, -0.2) is 38.3 Å². The van der Waals surface area contributed by atoms with Gasteiger partial charge in [0.25, 0.3) is 0 Å². The zero-order valence-corrected chi connectivity index (χ0v) is 12.8. The number of hydrogen-bond acceptors (Lipinski definition) is 5. The normalized spacial score (nSPS) is 14.3. The van der Waals surface area contributed by atoms with Gasteiger partial charge in [0.05, 0.1) is 17.2 Å². The molecule has 1 aromatic rings. The predicted molar refractivity (Wildman–Crippen MR) is 77.1 cm³/mol. The topological polar surface area (TPSA) is 94.8 Å². The highest BCUT2D eigenvalue weighted by Crippen LogP contribution is 2.33. The molecule has 0 saturated heterocycles. The van der Waals surface area contributed by atoms with Gasteiger partial charge in [0.15, 0.2) is 5.12 Å². The standard InChI is InChI=1S/C14H15F3O5S/c1-7(18)23-5-4-11(19)12(20)10-6-8(14(15,16)17)2-3-9(10)13(21)22/h2-3,6,11-12,19-20H,4-5H2,1H3,(H,21,22). The lowest BCUT2D eigenvalue weighted by Gasteiger charge is -2.21. The van der Waals surface area contributed by atoms with E-state index in [9.17, 15) is 33.0 Å². The van der Waals surface area contributed by atoms with E-state index in [2.05, 4.69) is 0 Å². The van der Waals surface area contributed by atoms with Crippen molar-refractivity contribution in [1.29, 1.82) is 0 Å². The lowest BCUT2D eigenvalue weighted by atomic mass is 9.95. The molecule has 0 heterocycles. The quantitative estimate of drug-likeness (QED) is 0.728. The van der Waals surface area contributed by atoms with Gasteiger partial charge in [-0.15, -0.1) is 0 Å². The molecule has 0 radical (unpaired) electrons. The molecule has 0 spiro atoms. The summed E-state index contributed by atoms with van der Waals surface area (Å²) in [6, 6.07) is 1.84. The number of aliphatic hydroxyl groups excluding tert-OH is 2. The summed E-state index contributed by atoms with van der Waals surface area (Å²) in [5.74, 6) is -1.37. The maximum atomic E-state index is 12.7. The molecule has 0 bridgehead atoms. The first kappa shape index (κ1) is 19.5. The van der Waals surface area contributed by atoms with Crippen LogP contribution in [0.25, 0.3) is 0 Å². The van der Waals surface area contributed by atoms with Gasteiger partial charge < -0.3 is 15.3 Å². The third-order valence-corrected chi connectivity index (χ3v) is 3.86. The second-order valence-corrected chi connectivity index (χ2v) is 6.02. The Bertz CT molecular complexity index is 588. The number of carboxylic acids is 1. The van der Waals surface area contributed by atoms with Crippen LogP contribution >= 0.6 is 11.8 Å². The fraction of sp³-hybridized carbons (Fsp3) is 0.429. The van der Waals surface area contributed by atoms with Crippen LogP contribution in [0.3, 0.4) is 0 Å². The molecule has 3 N–H and O–H groups in total. The molecule has 23 heavy (non-hydrogen) atoms. The Hall–Kier alpha value is -1.58. The molecule has 1 aromatic carbocycles. The number of carbonyl (C=O) groups is 2. The number of aliphatic hydroxyl groups is 2. The summed E-state index contributed by atoms with van der Waals surface area (Å²) in [7, 11) is 0. The molecular weight excluding hydrogens is 337 g/mol. The van der Waals surface area contributed by atoms with E-state index in [-0.39, 0.29) is 17.3 Å². The van der Waals surface area contributed by atoms with Crippen molar-refractivity contribution in [1.82, 2.24) is 0 Å². The number of hydrogen-bond donors (Lipinski definition) is 3. The third kappa shape index (κ3) is 5.52. The highest BCUT2D eigenvalue weighted by molar-refractivity contribution is 8.13. The van der Waals surface area contributed by atoms with Crippen molar-refractivity contribution in [2.24, 2.45) is 0 Å². The van der Waals surface area contributed by atoms with Crippen molar-refractivity contribution >= 4 is 22.8 Å². The zero-order chi connectivity index (χ0) is 17.8. The molecule has 0 aromatic heterocycles. The van der Waals surface area contributed by atoms with E-state index in [0.717, 1.165) is 17.8 Å². The van der Waals surface area contributed by atoms with Gasteiger partial charge in [-0.2, -0.15) is 13.2 Å². The maximum absolute atomic E-state index is 12.7. The monoisotopic (exact) mass is 352 g/mol. The average Bonchev–Trinajstić information content (AvgIpc) is 2.44. The largest absolute Gasteiger partial charge is 0.478 e. The SMILES string of the molecule is CC(=O)SCCC(O)C(O)c1cc(C(F)(F)F)ccc1C(=O)O. The van der Waals surface area contributed by atoms with E-state index in [4.69, 9.17) is 5.11 Å². The molecule has 9 heteroatoms. The summed E-state index contributed by atoms with van der Waals surface area (Å²) >= 11 is 0.884. The fourth-order valence-corrected chi connectivity index (χ4v) is 2.51. The number of carbonyl (C=O) groups excluding carboxylic acids is 1. The van der Waals surface area contributed by atoms with Crippen LogP contribution in [0.5, 0.6) is 0 Å². The van der Waals surface area contributed by atoms with E-state index in [0.29, 0.717) is 12.1 Å². The van der Waals surface area contributed by atoms with Crippen LogP contribution in [0.15, 0.2) is 18.2 Å². The van der Waals surface area contributed by atoms with E-state index in [1.54, 1.807) is 0 Å². The minimum Gasteiger partial charge on any atom is -0.478 e. The van der Waals surface area contributed by atoms with Gasteiger partial charge >= 0.3 is 12.1 Å². The van der Waals surface area contributed by atoms with Gasteiger partial charge in [0.1, 0.15) is 6.10 Å². The fourth-order valence-electron chi connectivity index (χ4n) is 1.87. The number of thioether (sulfide) groups is 1. The summed E-state index contributed by atoms with van der Waals surface area (Å²) in [5, 5.41) is 28.6. The van der Waals surface area contributed by atoms with Gasteiger partial charge in [-0.25, -0.2) is 4.79 Å². The van der Waals surface area contributed by atoms with Crippen molar-refractivity contribution < 1.29 is 38.1 Å².